The molecule has 0 unspecified atom stereocenters. The van der Waals surface area contributed by atoms with E-state index in [4.69, 9.17) is 11.6 Å². The predicted octanol–water partition coefficient (Wildman–Crippen LogP) is 5.20. The van der Waals surface area contributed by atoms with Crippen LogP contribution in [0.4, 0.5) is 0 Å². The number of rotatable bonds is 1. The van der Waals surface area contributed by atoms with Gasteiger partial charge in [-0.2, -0.15) is 0 Å². The van der Waals surface area contributed by atoms with Crippen LogP contribution in [0.1, 0.15) is 41.5 Å². The standard InChI is InChI=1S/C18H18ClN.BrH/c19-14-8-9-15-16(11-14)18-7-4-10-20(18)12-17(15)13-5-2-1-3-6-13;/h1-3,5-6,8-9,11,17-18H,4,7,10,12H2;1H/t17-,18+;/m0./s1. The van der Waals surface area contributed by atoms with E-state index in [1.807, 2.05) is 6.07 Å². The summed E-state index contributed by atoms with van der Waals surface area (Å²) < 4.78 is 0. The lowest BCUT2D eigenvalue weighted by Crippen LogP contribution is -2.34. The van der Waals surface area contributed by atoms with Crippen LogP contribution in [0.2, 0.25) is 5.02 Å². The molecule has 2 aliphatic rings. The number of benzene rings is 2. The fraction of sp³-hybridized carbons (Fsp3) is 0.333. The van der Waals surface area contributed by atoms with Crippen molar-refractivity contribution >= 4 is 28.6 Å². The Balaban J connectivity index is 0.00000132. The molecule has 2 aliphatic heterocycles. The van der Waals surface area contributed by atoms with Crippen molar-refractivity contribution in [3.8, 4) is 0 Å². The lowest BCUT2D eigenvalue weighted by molar-refractivity contribution is 0.230. The number of fused-ring (bicyclic) bond motifs is 3. The molecule has 0 amide bonds. The zero-order valence-electron chi connectivity index (χ0n) is 11.8. The van der Waals surface area contributed by atoms with Crippen LogP contribution in [-0.2, 0) is 0 Å². The van der Waals surface area contributed by atoms with E-state index < -0.39 is 0 Å². The Morgan fingerprint density at radius 3 is 2.62 bits per heavy atom. The average molecular weight is 365 g/mol. The van der Waals surface area contributed by atoms with Crippen LogP contribution in [0.3, 0.4) is 0 Å². The Kier molecular flexibility index (Phi) is 4.39. The molecule has 1 nitrogen and oxygen atoms in total. The summed E-state index contributed by atoms with van der Waals surface area (Å²) in [4.78, 5) is 2.64. The summed E-state index contributed by atoms with van der Waals surface area (Å²) in [6.07, 6.45) is 2.58. The van der Waals surface area contributed by atoms with Gasteiger partial charge in [-0.05, 0) is 48.2 Å². The molecule has 0 radical (unpaired) electrons. The molecular weight excluding hydrogens is 346 g/mol. The molecule has 0 aromatic heterocycles. The van der Waals surface area contributed by atoms with Crippen molar-refractivity contribution < 1.29 is 0 Å². The molecule has 2 aromatic carbocycles. The van der Waals surface area contributed by atoms with Gasteiger partial charge >= 0.3 is 0 Å². The molecule has 3 heteroatoms. The van der Waals surface area contributed by atoms with E-state index in [0.29, 0.717) is 12.0 Å². The summed E-state index contributed by atoms with van der Waals surface area (Å²) in [5, 5.41) is 0.865. The molecule has 0 spiro atoms. The van der Waals surface area contributed by atoms with Crippen molar-refractivity contribution in [3.63, 3.8) is 0 Å². The molecule has 1 saturated heterocycles. The highest BCUT2D eigenvalue weighted by atomic mass is 79.9. The zero-order chi connectivity index (χ0) is 13.5. The lowest BCUT2D eigenvalue weighted by atomic mass is 9.82. The largest absolute Gasteiger partial charge is 0.295 e. The van der Waals surface area contributed by atoms with Crippen LogP contribution in [0, 0.1) is 0 Å². The van der Waals surface area contributed by atoms with Gasteiger partial charge < -0.3 is 0 Å². The first-order valence-electron chi connectivity index (χ1n) is 7.41. The number of halogens is 2. The van der Waals surface area contributed by atoms with E-state index in [0.717, 1.165) is 11.6 Å². The SMILES string of the molecule is Br.Clc1ccc2c(c1)[C@H]1CCCN1C[C@H]2c1ccccc1. The van der Waals surface area contributed by atoms with E-state index in [9.17, 15) is 0 Å². The van der Waals surface area contributed by atoms with Crippen molar-refractivity contribution in [1.82, 2.24) is 4.90 Å². The van der Waals surface area contributed by atoms with Crippen molar-refractivity contribution in [2.24, 2.45) is 0 Å². The van der Waals surface area contributed by atoms with Crippen LogP contribution < -0.4 is 0 Å². The molecule has 2 atom stereocenters. The van der Waals surface area contributed by atoms with Gasteiger partial charge in [0.25, 0.3) is 0 Å². The monoisotopic (exact) mass is 363 g/mol. The second-order valence-corrected chi connectivity index (χ2v) is 6.33. The van der Waals surface area contributed by atoms with Crippen LogP contribution in [0.25, 0.3) is 0 Å². The van der Waals surface area contributed by atoms with Crippen molar-refractivity contribution in [2.45, 2.75) is 24.8 Å². The molecule has 4 rings (SSSR count). The highest BCUT2D eigenvalue weighted by molar-refractivity contribution is 8.93. The molecule has 0 saturated carbocycles. The van der Waals surface area contributed by atoms with Gasteiger partial charge in [0.15, 0.2) is 0 Å². The van der Waals surface area contributed by atoms with E-state index >= 15 is 0 Å². The highest BCUT2D eigenvalue weighted by Crippen LogP contribution is 2.44. The molecule has 0 aliphatic carbocycles. The van der Waals surface area contributed by atoms with Crippen molar-refractivity contribution in [2.75, 3.05) is 13.1 Å². The first-order valence-corrected chi connectivity index (χ1v) is 7.79. The summed E-state index contributed by atoms with van der Waals surface area (Å²) in [6, 6.07) is 17.9. The molecule has 2 aromatic rings. The van der Waals surface area contributed by atoms with Gasteiger partial charge in [-0.1, -0.05) is 48.0 Å². The van der Waals surface area contributed by atoms with Crippen LogP contribution in [0.5, 0.6) is 0 Å². The van der Waals surface area contributed by atoms with Gasteiger partial charge in [-0.25, -0.2) is 0 Å². The van der Waals surface area contributed by atoms with Gasteiger partial charge in [0, 0.05) is 23.5 Å². The quantitative estimate of drug-likeness (QED) is 0.672. The maximum Gasteiger partial charge on any atom is 0.0409 e. The zero-order valence-corrected chi connectivity index (χ0v) is 14.3. The predicted molar refractivity (Wildman–Crippen MR) is 93.6 cm³/mol. The van der Waals surface area contributed by atoms with E-state index in [1.54, 1.807) is 0 Å². The maximum atomic E-state index is 6.24. The van der Waals surface area contributed by atoms with Gasteiger partial charge in [-0.15, -0.1) is 17.0 Å². The third-order valence-electron chi connectivity index (χ3n) is 4.77. The van der Waals surface area contributed by atoms with E-state index in [2.05, 4.69) is 47.4 Å². The van der Waals surface area contributed by atoms with Crippen LogP contribution in [0.15, 0.2) is 48.5 Å². The first-order chi connectivity index (χ1) is 9.83. The Bertz CT molecular complexity index is 628. The molecule has 110 valence electrons. The fourth-order valence-corrected chi connectivity index (χ4v) is 4.03. The van der Waals surface area contributed by atoms with Crippen LogP contribution in [-0.4, -0.2) is 18.0 Å². The normalized spacial score (nSPS) is 24.0. The topological polar surface area (TPSA) is 3.24 Å². The molecule has 2 heterocycles. The number of hydrogen-bond donors (Lipinski definition) is 0. The first kappa shape index (κ1) is 15.1. The Labute approximate surface area is 141 Å². The van der Waals surface area contributed by atoms with Crippen LogP contribution >= 0.6 is 28.6 Å². The van der Waals surface area contributed by atoms with Crippen molar-refractivity contribution in [1.29, 1.82) is 0 Å². The molecular formula is C18H19BrClN. The third-order valence-corrected chi connectivity index (χ3v) is 5.00. The minimum absolute atomic E-state index is 0. The van der Waals surface area contributed by atoms with Gasteiger partial charge in [0.1, 0.15) is 0 Å². The Morgan fingerprint density at radius 2 is 1.81 bits per heavy atom. The summed E-state index contributed by atoms with van der Waals surface area (Å²) in [7, 11) is 0. The summed E-state index contributed by atoms with van der Waals surface area (Å²) in [5.41, 5.74) is 4.35. The number of hydrogen-bond acceptors (Lipinski definition) is 1. The minimum atomic E-state index is 0. The molecule has 0 N–H and O–H groups in total. The molecule has 0 bridgehead atoms. The average Bonchev–Trinajstić information content (AvgIpc) is 2.96. The van der Waals surface area contributed by atoms with E-state index in [-0.39, 0.29) is 17.0 Å². The third kappa shape index (κ3) is 2.65. The summed E-state index contributed by atoms with van der Waals surface area (Å²) in [6.45, 7) is 2.36. The number of nitrogens with zero attached hydrogens (tertiary/aromatic N) is 1. The van der Waals surface area contributed by atoms with E-state index in [1.165, 1.54) is 36.1 Å². The second kappa shape index (κ2) is 6.12. The van der Waals surface area contributed by atoms with Gasteiger partial charge in [0.05, 0.1) is 0 Å². The molecule has 1 fully saturated rings. The Hall–Kier alpha value is -0.830. The summed E-state index contributed by atoms with van der Waals surface area (Å²) >= 11 is 6.24. The molecule has 21 heavy (non-hydrogen) atoms. The minimum Gasteiger partial charge on any atom is -0.295 e. The summed E-state index contributed by atoms with van der Waals surface area (Å²) in [5.74, 6) is 0.484. The fourth-order valence-electron chi connectivity index (χ4n) is 3.85. The Morgan fingerprint density at radius 1 is 1.00 bits per heavy atom. The lowest BCUT2D eigenvalue weighted by Gasteiger charge is -2.37. The maximum absolute atomic E-state index is 6.24. The van der Waals surface area contributed by atoms with Crippen molar-refractivity contribution in [3.05, 3.63) is 70.2 Å². The smallest absolute Gasteiger partial charge is 0.0409 e. The van der Waals surface area contributed by atoms with Gasteiger partial charge in [-0.3, -0.25) is 4.90 Å². The highest BCUT2D eigenvalue weighted by Gasteiger charge is 2.36. The van der Waals surface area contributed by atoms with Gasteiger partial charge in [0.2, 0.25) is 0 Å². The second-order valence-electron chi connectivity index (χ2n) is 5.89.